The van der Waals surface area contributed by atoms with Crippen molar-refractivity contribution in [2.45, 2.75) is 109 Å². The molecular weight excluding hydrogens is 619 g/mol. The number of thiocarbonyl (C=S) groups is 2. The van der Waals surface area contributed by atoms with Gasteiger partial charge in [0.15, 0.2) is 10.2 Å². The van der Waals surface area contributed by atoms with Crippen molar-refractivity contribution in [3.63, 3.8) is 0 Å². The SMILES string of the molecule is CC(C)C[C@H]1CNC(=S)N1CC1CCCN1C[C@H](Cc1ccc(O)cc1)N1C[C@H](Cc2ccccc2)N(CC2CCCCCC2)C1=S. The van der Waals surface area contributed by atoms with Crippen molar-refractivity contribution >= 4 is 34.7 Å². The lowest BCUT2D eigenvalue weighted by molar-refractivity contribution is 0.156. The molecule has 4 fully saturated rings. The third-order valence-corrected chi connectivity index (χ3v) is 12.1. The first-order chi connectivity index (χ1) is 22.8. The van der Waals surface area contributed by atoms with Crippen LogP contribution in [-0.4, -0.2) is 98.4 Å². The topological polar surface area (TPSA) is 45.2 Å². The van der Waals surface area contributed by atoms with Crippen LogP contribution in [0.15, 0.2) is 54.6 Å². The van der Waals surface area contributed by atoms with Crippen LogP contribution in [0.2, 0.25) is 0 Å². The predicted molar refractivity (Wildman–Crippen MR) is 202 cm³/mol. The fourth-order valence-electron chi connectivity index (χ4n) is 8.73. The fraction of sp³-hybridized carbons (Fsp3) is 0.641. The van der Waals surface area contributed by atoms with E-state index in [9.17, 15) is 5.11 Å². The Morgan fingerprint density at radius 2 is 1.55 bits per heavy atom. The summed E-state index contributed by atoms with van der Waals surface area (Å²) in [7, 11) is 0. The number of nitrogens with one attached hydrogen (secondary N) is 1. The number of hydrogen-bond donors (Lipinski definition) is 2. The summed E-state index contributed by atoms with van der Waals surface area (Å²) in [5, 5.41) is 15.5. The normalized spacial score (nSPS) is 25.2. The molecule has 3 heterocycles. The van der Waals surface area contributed by atoms with Gasteiger partial charge in [-0.2, -0.15) is 0 Å². The van der Waals surface area contributed by atoms with Crippen LogP contribution in [0.1, 0.15) is 82.8 Å². The molecule has 1 aliphatic carbocycles. The Labute approximate surface area is 294 Å². The van der Waals surface area contributed by atoms with E-state index in [0.717, 1.165) is 68.3 Å². The second kappa shape index (κ2) is 16.3. The molecule has 47 heavy (non-hydrogen) atoms. The Bertz CT molecular complexity index is 1300. The minimum Gasteiger partial charge on any atom is -0.508 e. The Morgan fingerprint density at radius 1 is 0.809 bits per heavy atom. The molecule has 0 amide bonds. The van der Waals surface area contributed by atoms with Crippen LogP contribution in [-0.2, 0) is 12.8 Å². The molecule has 0 aromatic heterocycles. The predicted octanol–water partition coefficient (Wildman–Crippen LogP) is 6.86. The van der Waals surface area contributed by atoms with Gasteiger partial charge in [-0.15, -0.1) is 0 Å². The maximum atomic E-state index is 10.1. The number of benzene rings is 2. The van der Waals surface area contributed by atoms with Crippen LogP contribution in [0.25, 0.3) is 0 Å². The zero-order chi connectivity index (χ0) is 32.8. The van der Waals surface area contributed by atoms with Crippen molar-refractivity contribution in [3.8, 4) is 5.75 Å². The third kappa shape index (κ3) is 8.98. The fourth-order valence-corrected chi connectivity index (χ4v) is 9.48. The second-order valence-electron chi connectivity index (χ2n) is 15.2. The van der Waals surface area contributed by atoms with Gasteiger partial charge in [0.1, 0.15) is 5.75 Å². The van der Waals surface area contributed by atoms with Crippen molar-refractivity contribution in [2.24, 2.45) is 11.8 Å². The summed E-state index contributed by atoms with van der Waals surface area (Å²) in [6.45, 7) is 10.8. The summed E-state index contributed by atoms with van der Waals surface area (Å²) in [5.74, 6) is 1.70. The highest BCUT2D eigenvalue weighted by atomic mass is 32.1. The monoisotopic (exact) mass is 675 g/mol. The molecule has 256 valence electrons. The Kier molecular flexibility index (Phi) is 12.0. The number of rotatable bonds is 13. The van der Waals surface area contributed by atoms with Crippen molar-refractivity contribution < 1.29 is 5.11 Å². The lowest BCUT2D eigenvalue weighted by Crippen LogP contribution is -2.51. The van der Waals surface area contributed by atoms with E-state index in [0.29, 0.717) is 29.8 Å². The molecule has 2 aromatic carbocycles. The standard InChI is InChI=1S/C39H57N5OS2/c1-29(2)21-34-24-40-38(46)42(34)27-33-15-10-20-41(33)26-35(23-31-16-18-37(45)19-17-31)44-28-36(22-30-11-8-5-9-12-30)43(39(44)47)25-32-13-6-3-4-7-14-32/h5,8-9,11-12,16-19,29,32-36,45H,3-4,6-7,10,13-15,20-28H2,1-2H3,(H,40,46)/t33?,34-,35-,36-/m0/s1. The van der Waals surface area contributed by atoms with Crippen molar-refractivity contribution in [3.05, 3.63) is 65.7 Å². The highest BCUT2D eigenvalue weighted by molar-refractivity contribution is 7.80. The average molecular weight is 676 g/mol. The molecule has 8 heteroatoms. The van der Waals surface area contributed by atoms with Crippen LogP contribution in [0.3, 0.4) is 0 Å². The van der Waals surface area contributed by atoms with Gasteiger partial charge in [-0.25, -0.2) is 0 Å². The van der Waals surface area contributed by atoms with Crippen LogP contribution < -0.4 is 5.32 Å². The van der Waals surface area contributed by atoms with Crippen LogP contribution >= 0.6 is 24.4 Å². The molecule has 6 rings (SSSR count). The lowest BCUT2D eigenvalue weighted by atomic mass is 9.98. The zero-order valence-electron chi connectivity index (χ0n) is 28.7. The highest BCUT2D eigenvalue weighted by Gasteiger charge is 2.41. The van der Waals surface area contributed by atoms with Gasteiger partial charge >= 0.3 is 0 Å². The molecule has 3 aliphatic heterocycles. The summed E-state index contributed by atoms with van der Waals surface area (Å²) in [4.78, 5) is 10.5. The van der Waals surface area contributed by atoms with E-state index in [1.54, 1.807) is 0 Å². The minimum absolute atomic E-state index is 0.264. The van der Waals surface area contributed by atoms with Crippen molar-refractivity contribution in [2.75, 3.05) is 39.3 Å². The smallest absolute Gasteiger partial charge is 0.172 e. The Hall–Kier alpha value is -2.42. The molecule has 4 aliphatic rings. The molecular formula is C39H57N5OS2. The van der Waals surface area contributed by atoms with E-state index in [2.05, 4.69) is 81.2 Å². The zero-order valence-corrected chi connectivity index (χ0v) is 30.4. The summed E-state index contributed by atoms with van der Waals surface area (Å²) in [5.41, 5.74) is 2.66. The highest BCUT2D eigenvalue weighted by Crippen LogP contribution is 2.31. The van der Waals surface area contributed by atoms with Gasteiger partial charge in [0.05, 0.1) is 6.04 Å². The summed E-state index contributed by atoms with van der Waals surface area (Å²) in [6.07, 6.45) is 13.7. The quantitative estimate of drug-likeness (QED) is 0.177. The number of phenolic OH excluding ortho intramolecular Hbond substituents is 1. The molecule has 0 radical (unpaired) electrons. The van der Waals surface area contributed by atoms with Gasteiger partial charge in [-0.1, -0.05) is 82.0 Å². The molecule has 0 spiro atoms. The van der Waals surface area contributed by atoms with E-state index >= 15 is 0 Å². The molecule has 0 bridgehead atoms. The van der Waals surface area contributed by atoms with Gasteiger partial charge in [0.25, 0.3) is 0 Å². The largest absolute Gasteiger partial charge is 0.508 e. The van der Waals surface area contributed by atoms with E-state index in [-0.39, 0.29) is 6.04 Å². The molecule has 1 unspecified atom stereocenters. The van der Waals surface area contributed by atoms with Gasteiger partial charge in [-0.3, -0.25) is 4.90 Å². The van der Waals surface area contributed by atoms with Gasteiger partial charge < -0.3 is 25.1 Å². The summed E-state index contributed by atoms with van der Waals surface area (Å²) < 4.78 is 0. The number of aromatic hydroxyl groups is 1. The first kappa shape index (κ1) is 34.4. The average Bonchev–Trinajstić information content (AvgIpc) is 3.65. The van der Waals surface area contributed by atoms with Gasteiger partial charge in [-0.05, 0) is 111 Å². The number of hydrogen-bond acceptors (Lipinski definition) is 4. The number of phenols is 1. The maximum Gasteiger partial charge on any atom is 0.172 e. The van der Waals surface area contributed by atoms with Crippen molar-refractivity contribution in [1.29, 1.82) is 0 Å². The first-order valence-corrected chi connectivity index (χ1v) is 19.3. The van der Waals surface area contributed by atoms with Gasteiger partial charge in [0, 0.05) is 50.8 Å². The van der Waals surface area contributed by atoms with Crippen molar-refractivity contribution in [1.82, 2.24) is 24.9 Å². The molecule has 2 N–H and O–H groups in total. The van der Waals surface area contributed by atoms with Gasteiger partial charge in [0.2, 0.25) is 0 Å². The number of nitrogens with zero attached hydrogens (tertiary/aromatic N) is 4. The summed E-state index contributed by atoms with van der Waals surface area (Å²) in [6, 6.07) is 20.5. The van der Waals surface area contributed by atoms with E-state index < -0.39 is 0 Å². The van der Waals surface area contributed by atoms with Crippen LogP contribution in [0.5, 0.6) is 5.75 Å². The first-order valence-electron chi connectivity index (χ1n) is 18.5. The Balaban J connectivity index is 1.23. The van der Waals surface area contributed by atoms with E-state index in [1.807, 2.05) is 12.1 Å². The summed E-state index contributed by atoms with van der Waals surface area (Å²) >= 11 is 12.3. The molecule has 1 saturated carbocycles. The number of likely N-dealkylation sites (tertiary alicyclic amines) is 1. The minimum atomic E-state index is 0.264. The molecule has 2 aromatic rings. The van der Waals surface area contributed by atoms with E-state index in [1.165, 1.54) is 68.9 Å². The molecule has 6 nitrogen and oxygen atoms in total. The van der Waals surface area contributed by atoms with Crippen LogP contribution in [0.4, 0.5) is 0 Å². The lowest BCUT2D eigenvalue weighted by Gasteiger charge is -2.37. The van der Waals surface area contributed by atoms with Crippen LogP contribution in [0, 0.1) is 11.8 Å². The Morgan fingerprint density at radius 3 is 2.28 bits per heavy atom. The second-order valence-corrected chi connectivity index (χ2v) is 16.0. The molecule has 3 saturated heterocycles. The third-order valence-electron chi connectivity index (χ3n) is 11.2. The van der Waals surface area contributed by atoms with E-state index in [4.69, 9.17) is 24.4 Å². The molecule has 4 atom stereocenters. The maximum absolute atomic E-state index is 10.1.